The van der Waals surface area contributed by atoms with Crippen LogP contribution in [0.3, 0.4) is 0 Å². The van der Waals surface area contributed by atoms with Crippen LogP contribution in [-0.4, -0.2) is 44.3 Å². The lowest BCUT2D eigenvalue weighted by atomic mass is 10.3. The number of piperazine rings is 1. The molecule has 0 amide bonds. The second-order valence-corrected chi connectivity index (χ2v) is 4.81. The standard InChI is InChI=1S/C13H20N4/c1-2-8-16(7-1)12-3-4-13(15-11-12)17-9-5-14-6-10-17/h3-4,11,14H,1-2,5-10H2. The van der Waals surface area contributed by atoms with Gasteiger partial charge in [0.15, 0.2) is 0 Å². The fourth-order valence-corrected chi connectivity index (χ4v) is 2.62. The number of nitrogens with zero attached hydrogens (tertiary/aromatic N) is 3. The Morgan fingerprint density at radius 2 is 1.71 bits per heavy atom. The Morgan fingerprint density at radius 1 is 0.941 bits per heavy atom. The first-order valence-electron chi connectivity index (χ1n) is 6.60. The molecule has 0 aliphatic carbocycles. The summed E-state index contributed by atoms with van der Waals surface area (Å²) in [5.41, 5.74) is 1.28. The van der Waals surface area contributed by atoms with Crippen molar-refractivity contribution in [3.05, 3.63) is 18.3 Å². The van der Waals surface area contributed by atoms with Crippen molar-refractivity contribution in [3.63, 3.8) is 0 Å². The highest BCUT2D eigenvalue weighted by Gasteiger charge is 2.14. The Bertz CT molecular complexity index is 350. The third kappa shape index (κ3) is 2.36. The number of rotatable bonds is 2. The topological polar surface area (TPSA) is 31.4 Å². The Morgan fingerprint density at radius 3 is 2.35 bits per heavy atom. The zero-order chi connectivity index (χ0) is 11.5. The molecule has 0 atom stereocenters. The van der Waals surface area contributed by atoms with E-state index in [1.165, 1.54) is 31.6 Å². The van der Waals surface area contributed by atoms with Gasteiger partial charge in [-0.05, 0) is 25.0 Å². The summed E-state index contributed by atoms with van der Waals surface area (Å²) in [7, 11) is 0. The molecule has 4 nitrogen and oxygen atoms in total. The Hall–Kier alpha value is -1.29. The van der Waals surface area contributed by atoms with Crippen molar-refractivity contribution in [2.75, 3.05) is 49.1 Å². The second kappa shape index (κ2) is 4.92. The van der Waals surface area contributed by atoms with Gasteiger partial charge < -0.3 is 15.1 Å². The first-order chi connectivity index (χ1) is 8.43. The predicted molar refractivity (Wildman–Crippen MR) is 70.8 cm³/mol. The van der Waals surface area contributed by atoms with E-state index in [4.69, 9.17) is 0 Å². The van der Waals surface area contributed by atoms with E-state index in [-0.39, 0.29) is 0 Å². The molecule has 3 rings (SSSR count). The van der Waals surface area contributed by atoms with Gasteiger partial charge in [0.05, 0.1) is 11.9 Å². The average Bonchev–Trinajstić information content (AvgIpc) is 2.94. The monoisotopic (exact) mass is 232 g/mol. The highest BCUT2D eigenvalue weighted by Crippen LogP contribution is 2.21. The molecule has 1 aromatic rings. The van der Waals surface area contributed by atoms with Gasteiger partial charge in [-0.25, -0.2) is 4.98 Å². The van der Waals surface area contributed by atoms with Crippen molar-refractivity contribution in [1.29, 1.82) is 0 Å². The molecule has 92 valence electrons. The van der Waals surface area contributed by atoms with Gasteiger partial charge in [-0.1, -0.05) is 0 Å². The largest absolute Gasteiger partial charge is 0.370 e. The van der Waals surface area contributed by atoms with Gasteiger partial charge in [-0.2, -0.15) is 0 Å². The minimum Gasteiger partial charge on any atom is -0.370 e. The molecular formula is C13H20N4. The van der Waals surface area contributed by atoms with Crippen LogP contribution < -0.4 is 15.1 Å². The number of hydrogen-bond acceptors (Lipinski definition) is 4. The van der Waals surface area contributed by atoms with Crippen molar-refractivity contribution in [3.8, 4) is 0 Å². The predicted octanol–water partition coefficient (Wildman–Crippen LogP) is 1.09. The van der Waals surface area contributed by atoms with Crippen molar-refractivity contribution < 1.29 is 0 Å². The fourth-order valence-electron chi connectivity index (χ4n) is 2.62. The summed E-state index contributed by atoms with van der Waals surface area (Å²) >= 11 is 0. The molecule has 1 aromatic heterocycles. The Kier molecular flexibility index (Phi) is 3.14. The molecule has 0 aromatic carbocycles. The van der Waals surface area contributed by atoms with E-state index in [2.05, 4.69) is 32.2 Å². The average molecular weight is 232 g/mol. The molecule has 3 heterocycles. The van der Waals surface area contributed by atoms with Crippen LogP contribution in [0.1, 0.15) is 12.8 Å². The maximum atomic E-state index is 4.60. The molecule has 0 bridgehead atoms. The molecule has 2 fully saturated rings. The lowest BCUT2D eigenvalue weighted by Gasteiger charge is -2.28. The van der Waals surface area contributed by atoms with E-state index in [0.29, 0.717) is 0 Å². The zero-order valence-electron chi connectivity index (χ0n) is 10.2. The molecule has 0 spiro atoms. The van der Waals surface area contributed by atoms with Gasteiger partial charge in [0.1, 0.15) is 5.82 Å². The third-order valence-corrected chi connectivity index (χ3v) is 3.64. The smallest absolute Gasteiger partial charge is 0.128 e. The van der Waals surface area contributed by atoms with Crippen LogP contribution in [0.2, 0.25) is 0 Å². The van der Waals surface area contributed by atoms with Gasteiger partial charge in [-0.15, -0.1) is 0 Å². The van der Waals surface area contributed by atoms with Crippen LogP contribution >= 0.6 is 0 Å². The fraction of sp³-hybridized carbons (Fsp3) is 0.615. The number of hydrogen-bond donors (Lipinski definition) is 1. The highest BCUT2D eigenvalue weighted by molar-refractivity contribution is 5.51. The van der Waals surface area contributed by atoms with Gasteiger partial charge in [0.25, 0.3) is 0 Å². The lowest BCUT2D eigenvalue weighted by molar-refractivity contribution is 0.585. The van der Waals surface area contributed by atoms with E-state index in [0.717, 1.165) is 32.0 Å². The summed E-state index contributed by atoms with van der Waals surface area (Å²) in [5.74, 6) is 1.12. The SMILES string of the molecule is c1cc(N2CCNCC2)ncc1N1CCCC1. The molecule has 4 heteroatoms. The minimum atomic E-state index is 1.07. The van der Waals surface area contributed by atoms with Crippen LogP contribution in [0.25, 0.3) is 0 Å². The maximum absolute atomic E-state index is 4.60. The first-order valence-corrected chi connectivity index (χ1v) is 6.60. The van der Waals surface area contributed by atoms with Crippen LogP contribution in [0, 0.1) is 0 Å². The second-order valence-electron chi connectivity index (χ2n) is 4.81. The minimum absolute atomic E-state index is 1.07. The van der Waals surface area contributed by atoms with Crippen LogP contribution in [-0.2, 0) is 0 Å². The third-order valence-electron chi connectivity index (χ3n) is 3.64. The van der Waals surface area contributed by atoms with E-state index in [1.807, 2.05) is 6.20 Å². The van der Waals surface area contributed by atoms with Gasteiger partial charge in [0, 0.05) is 39.3 Å². The van der Waals surface area contributed by atoms with E-state index in [9.17, 15) is 0 Å². The molecule has 2 aliphatic rings. The molecular weight excluding hydrogens is 212 g/mol. The zero-order valence-corrected chi connectivity index (χ0v) is 10.2. The van der Waals surface area contributed by atoms with Gasteiger partial charge in [-0.3, -0.25) is 0 Å². The first kappa shape index (κ1) is 10.8. The summed E-state index contributed by atoms with van der Waals surface area (Å²) < 4.78 is 0. The van der Waals surface area contributed by atoms with Crippen molar-refractivity contribution >= 4 is 11.5 Å². The maximum Gasteiger partial charge on any atom is 0.128 e. The van der Waals surface area contributed by atoms with Gasteiger partial charge >= 0.3 is 0 Å². The number of anilines is 2. The molecule has 0 saturated carbocycles. The molecule has 17 heavy (non-hydrogen) atoms. The molecule has 0 radical (unpaired) electrons. The van der Waals surface area contributed by atoms with Crippen molar-refractivity contribution in [1.82, 2.24) is 10.3 Å². The van der Waals surface area contributed by atoms with Crippen molar-refractivity contribution in [2.45, 2.75) is 12.8 Å². The summed E-state index contributed by atoms with van der Waals surface area (Å²) in [6, 6.07) is 4.38. The molecule has 1 N–H and O–H groups in total. The van der Waals surface area contributed by atoms with E-state index < -0.39 is 0 Å². The number of aromatic nitrogens is 1. The van der Waals surface area contributed by atoms with Gasteiger partial charge in [0.2, 0.25) is 0 Å². The van der Waals surface area contributed by atoms with Crippen molar-refractivity contribution in [2.24, 2.45) is 0 Å². The quantitative estimate of drug-likeness (QED) is 0.827. The summed E-state index contributed by atoms with van der Waals surface area (Å²) in [6.07, 6.45) is 4.67. The van der Waals surface area contributed by atoms with E-state index in [1.54, 1.807) is 0 Å². The number of pyridine rings is 1. The highest BCUT2D eigenvalue weighted by atomic mass is 15.2. The Labute approximate surface area is 103 Å². The van der Waals surface area contributed by atoms with Crippen LogP contribution in [0.4, 0.5) is 11.5 Å². The van der Waals surface area contributed by atoms with Crippen LogP contribution in [0.5, 0.6) is 0 Å². The molecule has 0 unspecified atom stereocenters. The van der Waals surface area contributed by atoms with Crippen LogP contribution in [0.15, 0.2) is 18.3 Å². The summed E-state index contributed by atoms with van der Waals surface area (Å²) in [5, 5.41) is 3.36. The molecule has 2 saturated heterocycles. The summed E-state index contributed by atoms with van der Waals surface area (Å²) in [4.78, 5) is 9.38. The summed E-state index contributed by atoms with van der Waals surface area (Å²) in [6.45, 7) is 6.64. The lowest BCUT2D eigenvalue weighted by Crippen LogP contribution is -2.43. The number of nitrogens with one attached hydrogen (secondary N) is 1. The van der Waals surface area contributed by atoms with E-state index >= 15 is 0 Å². The molecule has 2 aliphatic heterocycles. The normalized spacial score (nSPS) is 20.9. The Balaban J connectivity index is 1.70.